The van der Waals surface area contributed by atoms with E-state index in [0.29, 0.717) is 46.4 Å². The van der Waals surface area contributed by atoms with Gasteiger partial charge in [0.2, 0.25) is 0 Å². The molecule has 0 radical (unpaired) electrons. The number of anilines is 2. The highest BCUT2D eigenvalue weighted by Gasteiger charge is 2.55. The van der Waals surface area contributed by atoms with E-state index < -0.39 is 54.2 Å². The second kappa shape index (κ2) is 12.2. The van der Waals surface area contributed by atoms with Gasteiger partial charge in [0.15, 0.2) is 0 Å². The number of amides is 1. The summed E-state index contributed by atoms with van der Waals surface area (Å²) in [5.41, 5.74) is 7.19. The van der Waals surface area contributed by atoms with Gasteiger partial charge in [0, 0.05) is 23.4 Å². The minimum absolute atomic E-state index is 0.0212. The van der Waals surface area contributed by atoms with Crippen LogP contribution in [-0.4, -0.2) is 47.5 Å². The third-order valence-corrected chi connectivity index (χ3v) is 11.1. The molecular formula is C36H45B2F2N3O5. The van der Waals surface area contributed by atoms with E-state index in [-0.39, 0.29) is 11.4 Å². The van der Waals surface area contributed by atoms with Crippen molar-refractivity contribution in [1.29, 1.82) is 0 Å². The van der Waals surface area contributed by atoms with Gasteiger partial charge in [0.05, 0.1) is 33.8 Å². The number of rotatable bonds is 8. The third-order valence-electron chi connectivity index (χ3n) is 11.1. The minimum atomic E-state index is -0.835. The average Bonchev–Trinajstić information content (AvgIpc) is 3.34. The van der Waals surface area contributed by atoms with Crippen LogP contribution < -0.4 is 22.0 Å². The second-order valence-corrected chi connectivity index (χ2v) is 15.2. The Kier molecular flexibility index (Phi) is 8.80. The van der Waals surface area contributed by atoms with Crippen LogP contribution in [0.25, 0.3) is 0 Å². The van der Waals surface area contributed by atoms with Crippen LogP contribution >= 0.6 is 0 Å². The summed E-state index contributed by atoms with van der Waals surface area (Å²) in [7, 11) is -1.55. The smallest absolute Gasteiger partial charge is 0.399 e. The van der Waals surface area contributed by atoms with E-state index in [1.54, 1.807) is 37.4 Å². The Bertz CT molecular complexity index is 1730. The third kappa shape index (κ3) is 6.28. The van der Waals surface area contributed by atoms with Gasteiger partial charge in [0.25, 0.3) is 5.91 Å². The van der Waals surface area contributed by atoms with Gasteiger partial charge in [0.1, 0.15) is 11.6 Å². The Morgan fingerprint density at radius 2 is 1.54 bits per heavy atom. The number of carbonyl (C=O) groups is 1. The quantitative estimate of drug-likeness (QED) is 0.227. The second-order valence-electron chi connectivity index (χ2n) is 15.2. The minimum Gasteiger partial charge on any atom is -0.399 e. The molecule has 2 aliphatic heterocycles. The van der Waals surface area contributed by atoms with Crippen molar-refractivity contribution < 1.29 is 32.2 Å². The topological polar surface area (TPSA) is 105 Å². The van der Waals surface area contributed by atoms with E-state index in [1.165, 1.54) is 12.1 Å². The van der Waals surface area contributed by atoms with Crippen molar-refractivity contribution in [3.05, 3.63) is 76.6 Å². The monoisotopic (exact) mass is 659 g/mol. The zero-order chi connectivity index (χ0) is 34.8. The Morgan fingerprint density at radius 3 is 2.19 bits per heavy atom. The summed E-state index contributed by atoms with van der Waals surface area (Å²) in [5, 5.41) is 2.74. The molecule has 1 amide bonds. The summed E-state index contributed by atoms with van der Waals surface area (Å²) in [6, 6.07) is 9.40. The van der Waals surface area contributed by atoms with E-state index >= 15 is 4.39 Å². The van der Waals surface area contributed by atoms with E-state index in [4.69, 9.17) is 24.4 Å². The molecule has 6 rings (SSSR count). The molecule has 3 aromatic rings. The van der Waals surface area contributed by atoms with E-state index in [0.717, 1.165) is 25.0 Å². The summed E-state index contributed by atoms with van der Waals surface area (Å²) in [6.07, 6.45) is 5.78. The number of nitrogens with zero attached hydrogens (tertiary/aromatic N) is 1. The molecule has 3 fully saturated rings. The summed E-state index contributed by atoms with van der Waals surface area (Å²) >= 11 is 0. The van der Waals surface area contributed by atoms with Crippen LogP contribution in [0.1, 0.15) is 107 Å². The molecule has 1 atom stereocenters. The Balaban J connectivity index is 1.21. The summed E-state index contributed by atoms with van der Waals surface area (Å²) < 4.78 is 55.8. The maximum Gasteiger partial charge on any atom is 0.495 e. The van der Waals surface area contributed by atoms with Gasteiger partial charge in [-0.3, -0.25) is 9.78 Å². The number of nitrogens with two attached hydrogens (primary N) is 1. The molecule has 1 unspecified atom stereocenters. The highest BCUT2D eigenvalue weighted by molar-refractivity contribution is 6.63. The molecule has 2 saturated heterocycles. The number of aryl methyl sites for hydroxylation is 2. The van der Waals surface area contributed by atoms with Crippen LogP contribution in [0.4, 0.5) is 20.2 Å². The first-order chi connectivity index (χ1) is 22.4. The van der Waals surface area contributed by atoms with Crippen molar-refractivity contribution in [2.24, 2.45) is 0 Å². The maximum atomic E-state index is 15.2. The molecule has 12 heteroatoms. The van der Waals surface area contributed by atoms with Crippen LogP contribution in [0.2, 0.25) is 0 Å². The highest BCUT2D eigenvalue weighted by atomic mass is 19.1. The predicted molar refractivity (Wildman–Crippen MR) is 185 cm³/mol. The zero-order valence-electron chi connectivity index (χ0n) is 29.1. The molecule has 254 valence electrons. The molecule has 8 nitrogen and oxygen atoms in total. The van der Waals surface area contributed by atoms with Crippen LogP contribution in [-0.2, 0) is 25.0 Å². The van der Waals surface area contributed by atoms with E-state index in [1.807, 2.05) is 48.5 Å². The average molecular weight is 659 g/mol. The van der Waals surface area contributed by atoms with Crippen LogP contribution in [0, 0.1) is 18.6 Å². The Labute approximate surface area is 282 Å². The molecule has 0 spiro atoms. The molecule has 3 aliphatic rings. The zero-order valence-corrected chi connectivity index (χ0v) is 29.1. The first kappa shape index (κ1) is 34.5. The van der Waals surface area contributed by atoms with Crippen molar-refractivity contribution in [2.45, 2.75) is 116 Å². The largest absolute Gasteiger partial charge is 0.495 e. The molecule has 3 heterocycles. The number of pyridine rings is 1. The number of nitrogens with one attached hydrogen (secondary N) is 1. The van der Waals surface area contributed by atoms with Gasteiger partial charge >= 0.3 is 14.2 Å². The first-order valence-electron chi connectivity index (χ1n) is 16.8. The first-order valence-corrected chi connectivity index (χ1v) is 16.8. The molecule has 1 saturated carbocycles. The lowest BCUT2D eigenvalue weighted by Crippen LogP contribution is -2.45. The lowest BCUT2D eigenvalue weighted by molar-refractivity contribution is -0.0152. The van der Waals surface area contributed by atoms with Gasteiger partial charge in [-0.25, -0.2) is 8.78 Å². The van der Waals surface area contributed by atoms with Crippen molar-refractivity contribution in [1.82, 2.24) is 4.98 Å². The molecular weight excluding hydrogens is 614 g/mol. The van der Waals surface area contributed by atoms with Crippen molar-refractivity contribution in [2.75, 3.05) is 11.1 Å². The van der Waals surface area contributed by atoms with Gasteiger partial charge in [-0.2, -0.15) is 0 Å². The maximum absolute atomic E-state index is 15.2. The molecule has 0 bridgehead atoms. The van der Waals surface area contributed by atoms with Crippen molar-refractivity contribution >= 4 is 42.4 Å². The van der Waals surface area contributed by atoms with Gasteiger partial charge < -0.3 is 29.7 Å². The fourth-order valence-electron chi connectivity index (χ4n) is 6.46. The lowest BCUT2D eigenvalue weighted by Gasteiger charge is -2.36. The summed E-state index contributed by atoms with van der Waals surface area (Å²) in [5.74, 6) is -1.13. The summed E-state index contributed by atoms with van der Waals surface area (Å²) in [4.78, 5) is 17.6. The van der Waals surface area contributed by atoms with Crippen LogP contribution in [0.3, 0.4) is 0 Å². The van der Waals surface area contributed by atoms with Crippen LogP contribution in [0.5, 0.6) is 0 Å². The molecule has 1 aliphatic carbocycles. The normalized spacial score (nSPS) is 23.0. The Morgan fingerprint density at radius 1 is 0.896 bits per heavy atom. The number of aromatic nitrogens is 1. The number of hydrogen-bond acceptors (Lipinski definition) is 7. The van der Waals surface area contributed by atoms with Gasteiger partial charge in [-0.05, 0) is 140 Å². The van der Waals surface area contributed by atoms with Crippen LogP contribution in [0.15, 0.2) is 42.6 Å². The SMILES string of the molecule is Cc1cc(F)c(NC(=O)c2ccnc(C3CCC3)c2)cc1B1OC(C)(C)C(C)(CCc2cc(F)c(N)cc2B2OC(C)(C)C(C)(C)O2)O1. The molecule has 3 N–H and O–H groups in total. The predicted octanol–water partition coefficient (Wildman–Crippen LogP) is 5.98. The van der Waals surface area contributed by atoms with Crippen molar-refractivity contribution in [3.8, 4) is 0 Å². The number of halogens is 2. The molecule has 1 aromatic heterocycles. The van der Waals surface area contributed by atoms with Gasteiger partial charge in [-0.1, -0.05) is 6.42 Å². The van der Waals surface area contributed by atoms with Crippen molar-refractivity contribution in [3.63, 3.8) is 0 Å². The van der Waals surface area contributed by atoms with E-state index in [2.05, 4.69) is 10.3 Å². The standard InChI is InChI=1S/C36H45B2F2N3O5/c1-21-16-28(40)31(43-32(44)24-13-15-42-30(18-24)22-10-9-11-22)20-25(21)37-47-35(6,7)36(8,48-37)14-12-23-17-27(39)29(41)19-26(23)38-45-33(2,3)34(4,5)46-38/h13,15-20,22H,9-12,14,41H2,1-8H3,(H,43,44). The lowest BCUT2D eigenvalue weighted by atomic mass is 9.73. The number of hydrogen-bond donors (Lipinski definition) is 2. The fraction of sp³-hybridized carbons (Fsp3) is 0.500. The number of carbonyl (C=O) groups excluding carboxylic acids is 1. The molecule has 2 aromatic carbocycles. The van der Waals surface area contributed by atoms with Gasteiger partial charge in [-0.15, -0.1) is 0 Å². The highest BCUT2D eigenvalue weighted by Crippen LogP contribution is 2.42. The number of nitrogen functional groups attached to an aromatic ring is 1. The molecule has 48 heavy (non-hydrogen) atoms. The number of benzene rings is 2. The Hall–Kier alpha value is -3.31. The fourth-order valence-corrected chi connectivity index (χ4v) is 6.46. The van der Waals surface area contributed by atoms with E-state index in [9.17, 15) is 9.18 Å². The summed E-state index contributed by atoms with van der Waals surface area (Å²) in [6.45, 7) is 15.5.